The smallest absolute Gasteiger partial charge is 0.242 e. The summed E-state index contributed by atoms with van der Waals surface area (Å²) < 4.78 is 15.4. The Morgan fingerprint density at radius 2 is 2.00 bits per heavy atom. The number of halogens is 1. The first-order chi connectivity index (χ1) is 11.6. The molecule has 6 nitrogen and oxygen atoms in total. The van der Waals surface area contributed by atoms with Gasteiger partial charge in [-0.1, -0.05) is 12.1 Å². The molecule has 1 N–H and O–H groups in total. The number of hydrogen-bond donors (Lipinski definition) is 1. The third-order valence-corrected chi connectivity index (χ3v) is 4.69. The highest BCUT2D eigenvalue weighted by atomic mass is 19.1. The third-order valence-electron chi connectivity index (χ3n) is 4.69. The molecule has 0 saturated heterocycles. The van der Waals surface area contributed by atoms with Crippen molar-refractivity contribution in [3.05, 3.63) is 47.3 Å². The fourth-order valence-electron chi connectivity index (χ4n) is 3.22. The molecule has 2 heterocycles. The maximum Gasteiger partial charge on any atom is 0.242 e. The first-order valence-electron chi connectivity index (χ1n) is 8.30. The zero-order valence-corrected chi connectivity index (χ0v) is 13.6. The maximum atomic E-state index is 13.3. The predicted molar refractivity (Wildman–Crippen MR) is 85.5 cm³/mol. The van der Waals surface area contributed by atoms with Crippen molar-refractivity contribution >= 4 is 5.91 Å². The second kappa shape index (κ2) is 5.98. The third kappa shape index (κ3) is 2.91. The average molecular weight is 329 g/mol. The van der Waals surface area contributed by atoms with E-state index < -0.39 is 6.04 Å². The van der Waals surface area contributed by atoms with Gasteiger partial charge in [0.1, 0.15) is 23.5 Å². The first kappa shape index (κ1) is 15.3. The number of nitrogens with zero attached hydrogens (tertiary/aromatic N) is 4. The summed E-state index contributed by atoms with van der Waals surface area (Å²) >= 11 is 0. The Morgan fingerprint density at radius 3 is 2.71 bits per heavy atom. The Bertz CT molecular complexity index is 753. The summed E-state index contributed by atoms with van der Waals surface area (Å²) in [7, 11) is 0. The van der Waals surface area contributed by atoms with Gasteiger partial charge in [-0.3, -0.25) is 9.69 Å². The van der Waals surface area contributed by atoms with E-state index in [0.717, 1.165) is 43.1 Å². The molecule has 0 bridgehead atoms. The molecule has 1 aliphatic carbocycles. The highest BCUT2D eigenvalue weighted by Crippen LogP contribution is 2.28. The largest absolute Gasteiger partial charge is 0.352 e. The SMILES string of the molecule is Cc1nnc2n1CCN(C(C(=O)NC1CC1)c1ccc(F)cc1)C2. The molecule has 1 amide bonds. The van der Waals surface area contributed by atoms with Crippen LogP contribution < -0.4 is 5.32 Å². The minimum absolute atomic E-state index is 0.0196. The molecule has 126 valence electrons. The van der Waals surface area contributed by atoms with Crippen molar-refractivity contribution in [2.24, 2.45) is 0 Å². The molecule has 0 spiro atoms. The topological polar surface area (TPSA) is 63.1 Å². The standard InChI is InChI=1S/C17H20FN5O/c1-11-20-21-15-10-22(8-9-23(11)15)16(17(24)19-14-6-7-14)12-2-4-13(18)5-3-12/h2-5,14,16H,6-10H2,1H3,(H,19,24). The molecule has 1 saturated carbocycles. The average Bonchev–Trinajstić information content (AvgIpc) is 3.31. The summed E-state index contributed by atoms with van der Waals surface area (Å²) in [6, 6.07) is 6.05. The van der Waals surface area contributed by atoms with Gasteiger partial charge in [-0.05, 0) is 37.5 Å². The van der Waals surface area contributed by atoms with Gasteiger partial charge in [0.2, 0.25) is 5.91 Å². The molecular formula is C17H20FN5O. The summed E-state index contributed by atoms with van der Waals surface area (Å²) in [6.07, 6.45) is 2.07. The Kier molecular flexibility index (Phi) is 3.80. The van der Waals surface area contributed by atoms with Crippen LogP contribution in [0.15, 0.2) is 24.3 Å². The zero-order chi connectivity index (χ0) is 16.7. The van der Waals surface area contributed by atoms with Crippen LogP contribution in [-0.4, -0.2) is 38.2 Å². The second-order valence-electron chi connectivity index (χ2n) is 6.52. The fourth-order valence-corrected chi connectivity index (χ4v) is 3.22. The van der Waals surface area contributed by atoms with Gasteiger partial charge in [0.25, 0.3) is 0 Å². The minimum atomic E-state index is -0.433. The Labute approximate surface area is 139 Å². The van der Waals surface area contributed by atoms with Crippen LogP contribution in [0.3, 0.4) is 0 Å². The van der Waals surface area contributed by atoms with Crippen molar-refractivity contribution in [1.82, 2.24) is 25.0 Å². The van der Waals surface area contributed by atoms with Crippen LogP contribution >= 0.6 is 0 Å². The van der Waals surface area contributed by atoms with Gasteiger partial charge < -0.3 is 9.88 Å². The number of carbonyl (C=O) groups excluding carboxylic acids is 1. The number of benzene rings is 1. The summed E-state index contributed by atoms with van der Waals surface area (Å²) in [4.78, 5) is 14.9. The van der Waals surface area contributed by atoms with Gasteiger partial charge >= 0.3 is 0 Å². The molecule has 24 heavy (non-hydrogen) atoms. The van der Waals surface area contributed by atoms with Crippen molar-refractivity contribution in [3.63, 3.8) is 0 Å². The van der Waals surface area contributed by atoms with E-state index in [1.165, 1.54) is 12.1 Å². The van der Waals surface area contributed by atoms with E-state index in [1.54, 1.807) is 12.1 Å². The molecule has 1 unspecified atom stereocenters. The van der Waals surface area contributed by atoms with Crippen molar-refractivity contribution < 1.29 is 9.18 Å². The molecular weight excluding hydrogens is 309 g/mol. The molecule has 7 heteroatoms. The van der Waals surface area contributed by atoms with E-state index in [4.69, 9.17) is 0 Å². The van der Waals surface area contributed by atoms with Crippen LogP contribution in [0.5, 0.6) is 0 Å². The number of hydrogen-bond acceptors (Lipinski definition) is 4. The van der Waals surface area contributed by atoms with Crippen LogP contribution in [0, 0.1) is 12.7 Å². The highest BCUT2D eigenvalue weighted by molar-refractivity contribution is 5.83. The monoisotopic (exact) mass is 329 g/mol. The normalized spacial score (nSPS) is 18.9. The molecule has 1 atom stereocenters. The minimum Gasteiger partial charge on any atom is -0.352 e. The van der Waals surface area contributed by atoms with Crippen molar-refractivity contribution in [1.29, 1.82) is 0 Å². The van der Waals surface area contributed by atoms with Gasteiger partial charge in [-0.2, -0.15) is 0 Å². The molecule has 2 aromatic rings. The van der Waals surface area contributed by atoms with E-state index in [2.05, 4.69) is 25.0 Å². The summed E-state index contributed by atoms with van der Waals surface area (Å²) in [5, 5.41) is 11.4. The van der Waals surface area contributed by atoms with Gasteiger partial charge in [0.15, 0.2) is 0 Å². The lowest BCUT2D eigenvalue weighted by atomic mass is 10.0. The van der Waals surface area contributed by atoms with E-state index in [1.807, 2.05) is 6.92 Å². The number of amides is 1. The van der Waals surface area contributed by atoms with E-state index in [-0.39, 0.29) is 17.8 Å². The Balaban J connectivity index is 1.62. The lowest BCUT2D eigenvalue weighted by Gasteiger charge is -2.34. The van der Waals surface area contributed by atoms with Gasteiger partial charge in [-0.15, -0.1) is 10.2 Å². The van der Waals surface area contributed by atoms with E-state index in [0.29, 0.717) is 6.54 Å². The van der Waals surface area contributed by atoms with Crippen molar-refractivity contribution in [2.45, 2.75) is 44.9 Å². The molecule has 1 aromatic carbocycles. The van der Waals surface area contributed by atoms with Crippen molar-refractivity contribution in [3.8, 4) is 0 Å². The van der Waals surface area contributed by atoms with Crippen LogP contribution in [0.2, 0.25) is 0 Å². The van der Waals surface area contributed by atoms with E-state index in [9.17, 15) is 9.18 Å². The van der Waals surface area contributed by atoms with Gasteiger partial charge in [-0.25, -0.2) is 4.39 Å². The molecule has 4 rings (SSSR count). The zero-order valence-electron chi connectivity index (χ0n) is 13.6. The predicted octanol–water partition coefficient (Wildman–Crippen LogP) is 1.56. The fraction of sp³-hybridized carbons (Fsp3) is 0.471. The molecule has 1 aliphatic heterocycles. The number of rotatable bonds is 4. The van der Waals surface area contributed by atoms with Crippen molar-refractivity contribution in [2.75, 3.05) is 6.54 Å². The second-order valence-corrected chi connectivity index (χ2v) is 6.52. The number of aryl methyl sites for hydroxylation is 1. The maximum absolute atomic E-state index is 13.3. The quantitative estimate of drug-likeness (QED) is 0.925. The van der Waals surface area contributed by atoms with Crippen LogP contribution in [0.25, 0.3) is 0 Å². The highest BCUT2D eigenvalue weighted by Gasteiger charge is 2.34. The summed E-state index contributed by atoms with van der Waals surface area (Å²) in [6.45, 7) is 3.97. The van der Waals surface area contributed by atoms with E-state index >= 15 is 0 Å². The number of fused-ring (bicyclic) bond motifs is 1. The number of aromatic nitrogens is 3. The lowest BCUT2D eigenvalue weighted by molar-refractivity contribution is -0.127. The van der Waals surface area contributed by atoms with Crippen LogP contribution in [0.4, 0.5) is 4.39 Å². The molecule has 0 radical (unpaired) electrons. The summed E-state index contributed by atoms with van der Waals surface area (Å²) in [5.74, 6) is 1.44. The molecule has 1 fully saturated rings. The number of carbonyl (C=O) groups is 1. The van der Waals surface area contributed by atoms with Crippen LogP contribution in [-0.2, 0) is 17.9 Å². The van der Waals surface area contributed by atoms with Crippen LogP contribution in [0.1, 0.15) is 36.1 Å². The molecule has 1 aromatic heterocycles. The van der Waals surface area contributed by atoms with Gasteiger partial charge in [0.05, 0.1) is 6.54 Å². The molecule has 2 aliphatic rings. The lowest BCUT2D eigenvalue weighted by Crippen LogP contribution is -2.44. The Morgan fingerprint density at radius 1 is 1.25 bits per heavy atom. The summed E-state index contributed by atoms with van der Waals surface area (Å²) in [5.41, 5.74) is 0.805. The van der Waals surface area contributed by atoms with Gasteiger partial charge in [0, 0.05) is 19.1 Å². The number of nitrogens with one attached hydrogen (secondary N) is 1. The first-order valence-corrected chi connectivity index (χ1v) is 8.30. The Hall–Kier alpha value is -2.28.